The van der Waals surface area contributed by atoms with Gasteiger partial charge in [-0.3, -0.25) is 9.78 Å². The van der Waals surface area contributed by atoms with Gasteiger partial charge in [0, 0.05) is 12.4 Å². The molecule has 0 saturated heterocycles. The molecule has 1 aromatic rings. The Morgan fingerprint density at radius 1 is 1.40 bits per heavy atom. The Balaban J connectivity index is 2.44. The van der Waals surface area contributed by atoms with Crippen LogP contribution in [0.3, 0.4) is 0 Å². The van der Waals surface area contributed by atoms with E-state index in [1.165, 1.54) is 7.11 Å². The average molecular weight is 205 g/mol. The Morgan fingerprint density at radius 2 is 1.93 bits per heavy atom. The fourth-order valence-electron chi connectivity index (χ4n) is 2.39. The van der Waals surface area contributed by atoms with E-state index in [2.05, 4.69) is 18.8 Å². The molecule has 1 atom stereocenters. The third-order valence-corrected chi connectivity index (χ3v) is 3.44. The highest BCUT2D eigenvalue weighted by atomic mass is 16.5. The van der Waals surface area contributed by atoms with Crippen molar-refractivity contribution in [3.63, 3.8) is 0 Å². The quantitative estimate of drug-likeness (QED) is 0.692. The highest BCUT2D eigenvalue weighted by molar-refractivity contribution is 5.88. The number of hydrogen-bond donors (Lipinski definition) is 0. The highest BCUT2D eigenvalue weighted by Gasteiger charge is 2.68. The first kappa shape index (κ1) is 10.1. The van der Waals surface area contributed by atoms with Crippen LogP contribution in [0.15, 0.2) is 24.5 Å². The fraction of sp³-hybridized carbons (Fsp3) is 0.500. The number of rotatable bonds is 2. The van der Waals surface area contributed by atoms with E-state index in [-0.39, 0.29) is 11.4 Å². The summed E-state index contributed by atoms with van der Waals surface area (Å²) in [5.41, 5.74) is 0.543. The summed E-state index contributed by atoms with van der Waals surface area (Å²) in [5.74, 6) is -0.140. The van der Waals surface area contributed by atoms with Crippen LogP contribution in [0.1, 0.15) is 25.8 Å². The number of carbonyl (C=O) groups excluding carboxylic acids is 1. The number of carbonyl (C=O) groups is 1. The minimum absolute atomic E-state index is 0.0125. The molecule has 1 fully saturated rings. The highest BCUT2D eigenvalue weighted by Crippen LogP contribution is 2.64. The van der Waals surface area contributed by atoms with Crippen LogP contribution < -0.4 is 0 Å². The van der Waals surface area contributed by atoms with E-state index in [1.54, 1.807) is 12.4 Å². The van der Waals surface area contributed by atoms with Gasteiger partial charge in [-0.05, 0) is 29.5 Å². The smallest absolute Gasteiger partial charge is 0.316 e. The van der Waals surface area contributed by atoms with Gasteiger partial charge in [0.1, 0.15) is 0 Å². The molecule has 0 aromatic carbocycles. The maximum absolute atomic E-state index is 11.9. The summed E-state index contributed by atoms with van der Waals surface area (Å²) in [5, 5.41) is 0. The van der Waals surface area contributed by atoms with Crippen molar-refractivity contribution in [1.82, 2.24) is 4.98 Å². The third-order valence-electron chi connectivity index (χ3n) is 3.44. The van der Waals surface area contributed by atoms with Crippen molar-refractivity contribution in [3.8, 4) is 0 Å². The fourth-order valence-corrected chi connectivity index (χ4v) is 2.39. The van der Waals surface area contributed by atoms with Crippen molar-refractivity contribution in [2.75, 3.05) is 7.11 Å². The zero-order valence-electron chi connectivity index (χ0n) is 9.28. The maximum atomic E-state index is 11.9. The molecule has 1 aromatic heterocycles. The molecule has 80 valence electrons. The van der Waals surface area contributed by atoms with E-state index in [4.69, 9.17) is 4.74 Å². The molecule has 0 radical (unpaired) electrons. The van der Waals surface area contributed by atoms with Crippen LogP contribution in [0.4, 0.5) is 0 Å². The van der Waals surface area contributed by atoms with Gasteiger partial charge in [-0.25, -0.2) is 0 Å². The van der Waals surface area contributed by atoms with Crippen molar-refractivity contribution in [3.05, 3.63) is 30.1 Å². The first-order chi connectivity index (χ1) is 7.04. The first-order valence-corrected chi connectivity index (χ1v) is 5.03. The predicted molar refractivity (Wildman–Crippen MR) is 56.3 cm³/mol. The molecule has 1 saturated carbocycles. The summed E-state index contributed by atoms with van der Waals surface area (Å²) in [6.07, 6.45) is 4.28. The van der Waals surface area contributed by atoms with Crippen molar-refractivity contribution < 1.29 is 9.53 Å². The zero-order chi connectivity index (χ0) is 11.1. The molecule has 0 bridgehead atoms. The minimum Gasteiger partial charge on any atom is -0.468 e. The molecule has 1 aliphatic carbocycles. The van der Waals surface area contributed by atoms with E-state index in [1.807, 2.05) is 12.1 Å². The summed E-state index contributed by atoms with van der Waals surface area (Å²) >= 11 is 0. The van der Waals surface area contributed by atoms with Gasteiger partial charge in [0.15, 0.2) is 0 Å². The van der Waals surface area contributed by atoms with Crippen molar-refractivity contribution in [1.29, 1.82) is 0 Å². The zero-order valence-corrected chi connectivity index (χ0v) is 9.28. The van der Waals surface area contributed by atoms with E-state index >= 15 is 0 Å². The van der Waals surface area contributed by atoms with Crippen LogP contribution in [0, 0.1) is 5.41 Å². The monoisotopic (exact) mass is 205 g/mol. The van der Waals surface area contributed by atoms with E-state index < -0.39 is 5.41 Å². The van der Waals surface area contributed by atoms with Gasteiger partial charge in [0.25, 0.3) is 0 Å². The van der Waals surface area contributed by atoms with Gasteiger partial charge in [-0.2, -0.15) is 0 Å². The summed E-state index contributed by atoms with van der Waals surface area (Å²) in [4.78, 5) is 15.8. The van der Waals surface area contributed by atoms with Crippen LogP contribution in [-0.2, 0) is 14.9 Å². The lowest BCUT2D eigenvalue weighted by molar-refractivity contribution is -0.144. The molecule has 2 rings (SSSR count). The van der Waals surface area contributed by atoms with Gasteiger partial charge < -0.3 is 4.74 Å². The van der Waals surface area contributed by atoms with Gasteiger partial charge in [0.2, 0.25) is 0 Å². The lowest BCUT2D eigenvalue weighted by Gasteiger charge is -2.17. The van der Waals surface area contributed by atoms with Crippen LogP contribution in [0.5, 0.6) is 0 Å². The topological polar surface area (TPSA) is 39.2 Å². The lowest BCUT2D eigenvalue weighted by Crippen LogP contribution is -2.27. The SMILES string of the molecule is COC(=O)C1(c2ccncc2)CC1(C)C. The van der Waals surface area contributed by atoms with Gasteiger partial charge >= 0.3 is 5.97 Å². The number of aromatic nitrogens is 1. The van der Waals surface area contributed by atoms with Crippen molar-refractivity contribution in [2.45, 2.75) is 25.7 Å². The number of methoxy groups -OCH3 is 1. The molecular formula is C12H15NO2. The van der Waals surface area contributed by atoms with E-state index in [9.17, 15) is 4.79 Å². The summed E-state index contributed by atoms with van der Waals surface area (Å²) in [7, 11) is 1.44. The predicted octanol–water partition coefficient (Wildman–Crippen LogP) is 1.92. The Bertz CT molecular complexity index is 386. The lowest BCUT2D eigenvalue weighted by atomic mass is 9.88. The number of hydrogen-bond acceptors (Lipinski definition) is 3. The summed E-state index contributed by atoms with van der Waals surface area (Å²) < 4.78 is 4.91. The van der Waals surface area contributed by atoms with Gasteiger partial charge in [-0.15, -0.1) is 0 Å². The number of nitrogens with zero attached hydrogens (tertiary/aromatic N) is 1. The van der Waals surface area contributed by atoms with Crippen molar-refractivity contribution >= 4 is 5.97 Å². The van der Waals surface area contributed by atoms with Crippen molar-refractivity contribution in [2.24, 2.45) is 5.41 Å². The molecule has 1 unspecified atom stereocenters. The summed E-state index contributed by atoms with van der Waals surface area (Å²) in [6.45, 7) is 4.18. The molecule has 0 amide bonds. The second-order valence-electron chi connectivity index (χ2n) is 4.69. The number of esters is 1. The first-order valence-electron chi connectivity index (χ1n) is 5.03. The van der Waals surface area contributed by atoms with Crippen LogP contribution >= 0.6 is 0 Å². The molecule has 1 heterocycles. The molecule has 0 aliphatic heterocycles. The largest absolute Gasteiger partial charge is 0.468 e. The minimum atomic E-state index is -0.454. The molecule has 15 heavy (non-hydrogen) atoms. The Morgan fingerprint density at radius 3 is 2.33 bits per heavy atom. The standard InChI is InChI=1S/C12H15NO2/c1-11(2)8-12(11,10(14)15-3)9-4-6-13-7-5-9/h4-7H,8H2,1-3H3. The van der Waals surface area contributed by atoms with Crippen LogP contribution in [-0.4, -0.2) is 18.1 Å². The second-order valence-corrected chi connectivity index (χ2v) is 4.69. The molecule has 0 N–H and O–H groups in total. The Labute approximate surface area is 89.5 Å². The van der Waals surface area contributed by atoms with Crippen LogP contribution in [0.2, 0.25) is 0 Å². The average Bonchev–Trinajstić information content (AvgIpc) is 2.83. The second kappa shape index (κ2) is 3.05. The Hall–Kier alpha value is -1.38. The number of pyridine rings is 1. The number of ether oxygens (including phenoxy) is 1. The van der Waals surface area contributed by atoms with Gasteiger partial charge in [-0.1, -0.05) is 13.8 Å². The summed E-state index contributed by atoms with van der Waals surface area (Å²) in [6, 6.07) is 3.79. The molecular weight excluding hydrogens is 190 g/mol. The maximum Gasteiger partial charge on any atom is 0.316 e. The van der Waals surface area contributed by atoms with E-state index in [0.717, 1.165) is 12.0 Å². The third kappa shape index (κ3) is 1.26. The Kier molecular flexibility index (Phi) is 2.07. The molecule has 3 nitrogen and oxygen atoms in total. The van der Waals surface area contributed by atoms with Crippen LogP contribution in [0.25, 0.3) is 0 Å². The van der Waals surface area contributed by atoms with E-state index in [0.29, 0.717) is 0 Å². The molecule has 0 spiro atoms. The normalized spacial score (nSPS) is 27.1. The molecule has 1 aliphatic rings. The molecule has 3 heteroatoms. The van der Waals surface area contributed by atoms with Gasteiger partial charge in [0.05, 0.1) is 12.5 Å².